The van der Waals surface area contributed by atoms with Crippen LogP contribution >= 0.6 is 0 Å². The highest BCUT2D eigenvalue weighted by Gasteiger charge is 2.33. The minimum absolute atomic E-state index is 0.0528. The number of benzene rings is 1. The third-order valence-electron chi connectivity index (χ3n) is 3.01. The van der Waals surface area contributed by atoms with Crippen molar-refractivity contribution < 1.29 is 19.6 Å². The van der Waals surface area contributed by atoms with Crippen molar-refractivity contribution in [2.45, 2.75) is 26.3 Å². The molecule has 0 radical (unpaired) electrons. The molecule has 0 aliphatic heterocycles. The Morgan fingerprint density at radius 3 is 2.70 bits per heavy atom. The van der Waals surface area contributed by atoms with Gasteiger partial charge in [0, 0.05) is 6.07 Å². The van der Waals surface area contributed by atoms with Gasteiger partial charge in [-0.3, -0.25) is 20.2 Å². The second-order valence-electron chi connectivity index (χ2n) is 4.61. The Morgan fingerprint density at radius 2 is 2.20 bits per heavy atom. The number of carbonyl (C=O) groups is 1. The number of likely N-dealkylation sites (N-methyl/N-ethyl adjacent to an activating group) is 1. The van der Waals surface area contributed by atoms with Crippen LogP contribution in [0.25, 0.3) is 0 Å². The predicted octanol–water partition coefficient (Wildman–Crippen LogP) is 1.73. The fourth-order valence-electron chi connectivity index (χ4n) is 1.76. The Morgan fingerprint density at radius 1 is 1.55 bits per heavy atom. The molecule has 2 N–H and O–H groups in total. The summed E-state index contributed by atoms with van der Waals surface area (Å²) >= 11 is 0. The van der Waals surface area contributed by atoms with Crippen LogP contribution in [0.2, 0.25) is 0 Å². The lowest BCUT2D eigenvalue weighted by molar-refractivity contribution is -0.385. The van der Waals surface area contributed by atoms with E-state index in [9.17, 15) is 20.0 Å². The molecule has 0 saturated carbocycles. The average molecular weight is 282 g/mol. The summed E-state index contributed by atoms with van der Waals surface area (Å²) in [6.07, 6.45) is 0. The number of ether oxygens (including phenoxy) is 1. The maximum Gasteiger partial charge on any atom is 0.327 e. The van der Waals surface area contributed by atoms with E-state index in [-0.39, 0.29) is 12.3 Å². The van der Waals surface area contributed by atoms with Crippen LogP contribution in [0.1, 0.15) is 19.4 Å². The smallest absolute Gasteiger partial charge is 0.327 e. The summed E-state index contributed by atoms with van der Waals surface area (Å²) in [5.41, 5.74) is -0.920. The topological polar surface area (TPSA) is 102 Å². The second-order valence-corrected chi connectivity index (χ2v) is 4.61. The number of hydrogen-bond donors (Lipinski definition) is 2. The highest BCUT2D eigenvalue weighted by molar-refractivity contribution is 5.78. The molecule has 1 aromatic rings. The number of hydrogen-bond acceptors (Lipinski definition) is 5. The summed E-state index contributed by atoms with van der Waals surface area (Å²) in [4.78, 5) is 21.6. The van der Waals surface area contributed by atoms with E-state index >= 15 is 0 Å². The number of carboxylic acids is 1. The third-order valence-corrected chi connectivity index (χ3v) is 3.01. The van der Waals surface area contributed by atoms with Gasteiger partial charge in [0.05, 0.1) is 10.5 Å². The maximum absolute atomic E-state index is 11.2. The van der Waals surface area contributed by atoms with Gasteiger partial charge >= 0.3 is 5.97 Å². The van der Waals surface area contributed by atoms with Crippen molar-refractivity contribution >= 4 is 11.7 Å². The van der Waals surface area contributed by atoms with Crippen molar-refractivity contribution in [3.05, 3.63) is 33.9 Å². The number of aliphatic carboxylic acids is 1. The van der Waals surface area contributed by atoms with Crippen LogP contribution in [0.4, 0.5) is 5.69 Å². The molecule has 0 aromatic heterocycles. The van der Waals surface area contributed by atoms with Crippen LogP contribution in [0, 0.1) is 17.0 Å². The Kier molecular flexibility index (Phi) is 5.04. The van der Waals surface area contributed by atoms with Gasteiger partial charge in [-0.2, -0.15) is 0 Å². The van der Waals surface area contributed by atoms with Crippen molar-refractivity contribution in [3.63, 3.8) is 0 Å². The summed E-state index contributed by atoms with van der Waals surface area (Å²) in [6.45, 7) is 5.21. The van der Waals surface area contributed by atoms with E-state index in [1.54, 1.807) is 19.9 Å². The molecule has 0 fully saturated rings. The zero-order valence-electron chi connectivity index (χ0n) is 11.7. The molecular weight excluding hydrogens is 264 g/mol. The lowest BCUT2D eigenvalue weighted by Crippen LogP contribution is -2.53. The molecule has 7 nitrogen and oxygen atoms in total. The van der Waals surface area contributed by atoms with E-state index < -0.39 is 16.4 Å². The second kappa shape index (κ2) is 6.33. The number of nitrogens with one attached hydrogen (secondary N) is 1. The highest BCUT2D eigenvalue weighted by Crippen LogP contribution is 2.27. The summed E-state index contributed by atoms with van der Waals surface area (Å²) in [5.74, 6) is -0.730. The number of rotatable bonds is 7. The molecular formula is C13H18N2O5. The first-order valence-corrected chi connectivity index (χ1v) is 6.17. The molecule has 7 heteroatoms. The van der Waals surface area contributed by atoms with Gasteiger partial charge in [-0.1, -0.05) is 13.0 Å². The van der Waals surface area contributed by atoms with Crippen molar-refractivity contribution in [1.29, 1.82) is 0 Å². The van der Waals surface area contributed by atoms with Gasteiger partial charge in [0.1, 0.15) is 17.9 Å². The zero-order chi connectivity index (χ0) is 15.3. The van der Waals surface area contributed by atoms with E-state index in [4.69, 9.17) is 4.74 Å². The lowest BCUT2D eigenvalue weighted by atomic mass is 10.0. The number of nitro groups is 1. The van der Waals surface area contributed by atoms with Crippen LogP contribution in [-0.4, -0.2) is 34.7 Å². The molecule has 0 heterocycles. The molecule has 20 heavy (non-hydrogen) atoms. The van der Waals surface area contributed by atoms with E-state index in [2.05, 4.69) is 5.32 Å². The van der Waals surface area contributed by atoms with E-state index in [1.807, 2.05) is 0 Å². The monoisotopic (exact) mass is 282 g/mol. The highest BCUT2D eigenvalue weighted by atomic mass is 16.6. The van der Waals surface area contributed by atoms with E-state index in [0.29, 0.717) is 17.9 Å². The van der Waals surface area contributed by atoms with Gasteiger partial charge in [-0.05, 0) is 26.5 Å². The lowest BCUT2D eigenvalue weighted by Gasteiger charge is -2.26. The van der Waals surface area contributed by atoms with Crippen molar-refractivity contribution in [2.24, 2.45) is 0 Å². The van der Waals surface area contributed by atoms with Crippen LogP contribution in [0.15, 0.2) is 18.2 Å². The maximum atomic E-state index is 11.2. The fourth-order valence-corrected chi connectivity index (χ4v) is 1.76. The Bertz CT molecular complexity index is 517. The van der Waals surface area contributed by atoms with Crippen LogP contribution in [0.5, 0.6) is 5.75 Å². The minimum Gasteiger partial charge on any atom is -0.491 e. The Balaban J connectivity index is 2.92. The van der Waals surface area contributed by atoms with Crippen LogP contribution in [0.3, 0.4) is 0 Å². The first kappa shape index (κ1) is 15.9. The summed E-state index contributed by atoms with van der Waals surface area (Å²) in [7, 11) is 0. The van der Waals surface area contributed by atoms with Gasteiger partial charge in [0.25, 0.3) is 5.69 Å². The minimum atomic E-state index is -1.24. The average Bonchev–Trinajstić information content (AvgIpc) is 2.37. The molecule has 1 rings (SSSR count). The first-order chi connectivity index (χ1) is 9.31. The van der Waals surface area contributed by atoms with E-state index in [0.717, 1.165) is 0 Å². The molecule has 0 amide bonds. The third kappa shape index (κ3) is 3.45. The number of nitro benzene ring substituents is 1. The largest absolute Gasteiger partial charge is 0.491 e. The van der Waals surface area contributed by atoms with E-state index in [1.165, 1.54) is 19.1 Å². The molecule has 0 bridgehead atoms. The van der Waals surface area contributed by atoms with Gasteiger partial charge in [0.2, 0.25) is 0 Å². The van der Waals surface area contributed by atoms with Crippen LogP contribution < -0.4 is 10.1 Å². The summed E-state index contributed by atoms with van der Waals surface area (Å²) in [6, 6.07) is 4.46. The van der Waals surface area contributed by atoms with Crippen molar-refractivity contribution in [3.8, 4) is 5.75 Å². The predicted molar refractivity (Wildman–Crippen MR) is 73.0 cm³/mol. The van der Waals surface area contributed by atoms with Gasteiger partial charge < -0.3 is 9.84 Å². The molecule has 1 atom stereocenters. The standard InChI is InChI=1S/C13H18N2O5/c1-4-14-13(3,12(16)17)8-20-11-7-5-6-10(9(11)2)15(18)19/h5-7,14H,4,8H2,1-3H3,(H,16,17). The van der Waals surface area contributed by atoms with Gasteiger partial charge in [-0.15, -0.1) is 0 Å². The van der Waals surface area contributed by atoms with Crippen molar-refractivity contribution in [2.75, 3.05) is 13.2 Å². The summed E-state index contributed by atoms with van der Waals surface area (Å²) < 4.78 is 5.46. The number of carboxylic acid groups (broad SMARTS) is 1. The molecule has 0 spiro atoms. The SMILES string of the molecule is CCNC(C)(COc1cccc([N+](=O)[O-])c1C)C(=O)O. The molecule has 0 aliphatic carbocycles. The fraction of sp³-hybridized carbons (Fsp3) is 0.462. The van der Waals surface area contributed by atoms with Gasteiger partial charge in [-0.25, -0.2) is 0 Å². The summed E-state index contributed by atoms with van der Waals surface area (Å²) in [5, 5.41) is 22.9. The van der Waals surface area contributed by atoms with Gasteiger partial charge in [0.15, 0.2) is 0 Å². The Labute approximate surface area is 116 Å². The molecule has 1 unspecified atom stereocenters. The molecule has 0 saturated heterocycles. The normalized spacial score (nSPS) is 13.6. The van der Waals surface area contributed by atoms with Crippen LogP contribution in [-0.2, 0) is 4.79 Å². The zero-order valence-corrected chi connectivity index (χ0v) is 11.7. The Hall–Kier alpha value is -2.15. The molecule has 1 aromatic carbocycles. The molecule has 0 aliphatic rings. The van der Waals surface area contributed by atoms with Crippen molar-refractivity contribution in [1.82, 2.24) is 5.32 Å². The first-order valence-electron chi connectivity index (χ1n) is 6.17. The molecule has 110 valence electrons. The number of nitrogens with zero attached hydrogens (tertiary/aromatic N) is 1. The quantitative estimate of drug-likeness (QED) is 0.583.